The lowest BCUT2D eigenvalue weighted by Crippen LogP contribution is -2.41. The Kier molecular flexibility index (Phi) is 5.71. The van der Waals surface area contributed by atoms with Gasteiger partial charge in [-0.25, -0.2) is 4.79 Å². The van der Waals surface area contributed by atoms with Crippen molar-refractivity contribution >= 4 is 5.91 Å². The van der Waals surface area contributed by atoms with E-state index in [-0.39, 0.29) is 30.5 Å². The third kappa shape index (κ3) is 4.08. The van der Waals surface area contributed by atoms with E-state index < -0.39 is 17.2 Å². The van der Waals surface area contributed by atoms with Gasteiger partial charge in [0.15, 0.2) is 5.69 Å². The van der Waals surface area contributed by atoms with Gasteiger partial charge in [-0.3, -0.25) is 19.1 Å². The van der Waals surface area contributed by atoms with Crippen molar-refractivity contribution in [3.63, 3.8) is 0 Å². The van der Waals surface area contributed by atoms with Crippen molar-refractivity contribution in [1.29, 1.82) is 0 Å². The molecular formula is C21H19N7O4. The molecule has 162 valence electrons. The minimum Gasteiger partial charge on any atom is -0.344 e. The minimum atomic E-state index is -0.677. The van der Waals surface area contributed by atoms with Crippen LogP contribution in [0.1, 0.15) is 28.7 Å². The van der Waals surface area contributed by atoms with E-state index in [9.17, 15) is 14.4 Å². The first-order chi connectivity index (χ1) is 15.5. The van der Waals surface area contributed by atoms with Crippen LogP contribution in [0.15, 0.2) is 62.9 Å². The van der Waals surface area contributed by atoms with Gasteiger partial charge in [-0.15, -0.1) is 0 Å². The van der Waals surface area contributed by atoms with Crippen LogP contribution in [-0.4, -0.2) is 35.4 Å². The van der Waals surface area contributed by atoms with E-state index in [1.54, 1.807) is 43.6 Å². The predicted octanol–water partition coefficient (Wildman–Crippen LogP) is 1.10. The standard InChI is InChI=1S/C21H19N7O4/c1-3-27-20(30)16(25-28(21(27)31)15-8-6-13(2)7-9-15)17-24-19(32-26-17)18(29)23-12-14-5-4-10-22-11-14/h4-11H,3,12H2,1-2H3,(H,23,29). The molecule has 0 radical (unpaired) electrons. The van der Waals surface area contributed by atoms with Crippen LogP contribution in [0.2, 0.25) is 0 Å². The van der Waals surface area contributed by atoms with E-state index in [0.717, 1.165) is 20.4 Å². The minimum absolute atomic E-state index is 0.120. The second-order valence-electron chi connectivity index (χ2n) is 6.90. The van der Waals surface area contributed by atoms with Crippen molar-refractivity contribution in [2.24, 2.45) is 0 Å². The first-order valence-electron chi connectivity index (χ1n) is 9.80. The summed E-state index contributed by atoms with van der Waals surface area (Å²) in [4.78, 5) is 45.9. The molecule has 0 bridgehead atoms. The number of benzene rings is 1. The van der Waals surface area contributed by atoms with Gasteiger partial charge in [-0.1, -0.05) is 28.9 Å². The summed E-state index contributed by atoms with van der Waals surface area (Å²) in [6.07, 6.45) is 3.24. The fourth-order valence-corrected chi connectivity index (χ4v) is 2.96. The maximum atomic E-state index is 12.8. The Bertz CT molecular complexity index is 1370. The Morgan fingerprint density at radius 1 is 1.16 bits per heavy atom. The van der Waals surface area contributed by atoms with Crippen LogP contribution < -0.4 is 16.6 Å². The van der Waals surface area contributed by atoms with Crippen molar-refractivity contribution < 1.29 is 9.32 Å². The maximum absolute atomic E-state index is 12.8. The third-order valence-corrected chi connectivity index (χ3v) is 4.66. The van der Waals surface area contributed by atoms with Crippen molar-refractivity contribution in [3.8, 4) is 17.2 Å². The lowest BCUT2D eigenvalue weighted by atomic mass is 10.2. The summed E-state index contributed by atoms with van der Waals surface area (Å²) in [7, 11) is 0. The molecule has 1 aromatic carbocycles. The quantitative estimate of drug-likeness (QED) is 0.477. The molecule has 0 saturated heterocycles. The lowest BCUT2D eigenvalue weighted by molar-refractivity contribution is 0.0907. The van der Waals surface area contributed by atoms with Gasteiger partial charge in [0.05, 0.1) is 5.69 Å². The average molecular weight is 433 g/mol. The topological polar surface area (TPSA) is 138 Å². The zero-order valence-corrected chi connectivity index (χ0v) is 17.3. The van der Waals surface area contributed by atoms with E-state index in [4.69, 9.17) is 4.52 Å². The number of hydrogen-bond acceptors (Lipinski definition) is 8. The van der Waals surface area contributed by atoms with Gasteiger partial charge in [0, 0.05) is 25.5 Å². The molecule has 0 aliphatic carbocycles. The highest BCUT2D eigenvalue weighted by Gasteiger charge is 2.22. The van der Waals surface area contributed by atoms with Crippen molar-refractivity contribution in [1.82, 2.24) is 34.8 Å². The van der Waals surface area contributed by atoms with E-state index in [1.165, 1.54) is 0 Å². The van der Waals surface area contributed by atoms with Gasteiger partial charge in [-0.05, 0) is 37.6 Å². The molecular weight excluding hydrogens is 414 g/mol. The van der Waals surface area contributed by atoms with E-state index in [1.807, 2.05) is 19.1 Å². The number of rotatable bonds is 6. The van der Waals surface area contributed by atoms with Gasteiger partial charge < -0.3 is 9.84 Å². The smallest absolute Gasteiger partial charge is 0.344 e. The lowest BCUT2D eigenvalue weighted by Gasteiger charge is -2.09. The molecule has 0 spiro atoms. The second-order valence-corrected chi connectivity index (χ2v) is 6.90. The van der Waals surface area contributed by atoms with Crippen molar-refractivity contribution in [3.05, 3.63) is 86.6 Å². The third-order valence-electron chi connectivity index (χ3n) is 4.66. The molecule has 4 rings (SSSR count). The first kappa shape index (κ1) is 20.8. The molecule has 1 amide bonds. The summed E-state index contributed by atoms with van der Waals surface area (Å²) >= 11 is 0. The molecule has 0 atom stereocenters. The van der Waals surface area contributed by atoms with Crippen molar-refractivity contribution in [2.75, 3.05) is 0 Å². The zero-order valence-electron chi connectivity index (χ0n) is 17.3. The van der Waals surface area contributed by atoms with Gasteiger partial charge in [0.25, 0.3) is 5.56 Å². The van der Waals surface area contributed by atoms with Crippen LogP contribution in [0, 0.1) is 6.92 Å². The average Bonchev–Trinajstić information content (AvgIpc) is 3.30. The molecule has 3 heterocycles. The summed E-state index contributed by atoms with van der Waals surface area (Å²) in [6, 6.07) is 10.6. The predicted molar refractivity (Wildman–Crippen MR) is 113 cm³/mol. The Morgan fingerprint density at radius 3 is 2.62 bits per heavy atom. The molecule has 0 unspecified atom stereocenters. The Morgan fingerprint density at radius 2 is 1.94 bits per heavy atom. The highest BCUT2D eigenvalue weighted by Crippen LogP contribution is 2.11. The molecule has 32 heavy (non-hydrogen) atoms. The van der Waals surface area contributed by atoms with Gasteiger partial charge in [0.1, 0.15) is 0 Å². The molecule has 0 aliphatic heterocycles. The molecule has 4 aromatic rings. The van der Waals surface area contributed by atoms with Gasteiger partial charge >= 0.3 is 17.5 Å². The van der Waals surface area contributed by atoms with Crippen LogP contribution in [0.25, 0.3) is 17.2 Å². The highest BCUT2D eigenvalue weighted by atomic mass is 16.5. The van der Waals surface area contributed by atoms with E-state index in [2.05, 4.69) is 25.5 Å². The first-order valence-corrected chi connectivity index (χ1v) is 9.80. The Balaban J connectivity index is 1.68. The SMILES string of the molecule is CCn1c(=O)c(-c2noc(C(=O)NCc3cccnc3)n2)nn(-c2ccc(C)cc2)c1=O. The molecule has 11 heteroatoms. The summed E-state index contributed by atoms with van der Waals surface area (Å²) in [5, 5.41) is 10.5. The number of aryl methyl sites for hydroxylation is 1. The molecule has 1 N–H and O–H groups in total. The van der Waals surface area contributed by atoms with E-state index >= 15 is 0 Å². The van der Waals surface area contributed by atoms with Crippen LogP contribution in [-0.2, 0) is 13.1 Å². The molecule has 3 aromatic heterocycles. The second kappa shape index (κ2) is 8.76. The fraction of sp³-hybridized carbons (Fsp3) is 0.190. The van der Waals surface area contributed by atoms with Crippen LogP contribution in [0.5, 0.6) is 0 Å². The van der Waals surface area contributed by atoms with Crippen molar-refractivity contribution in [2.45, 2.75) is 26.9 Å². The Labute approximate surface area is 181 Å². The van der Waals surface area contributed by atoms with Crippen LogP contribution in [0.4, 0.5) is 0 Å². The number of aromatic nitrogens is 6. The molecule has 0 aliphatic rings. The summed E-state index contributed by atoms with van der Waals surface area (Å²) in [5.41, 5.74) is 0.792. The molecule has 0 saturated carbocycles. The number of pyridine rings is 1. The Hall–Kier alpha value is -4.41. The highest BCUT2D eigenvalue weighted by molar-refractivity contribution is 5.89. The van der Waals surface area contributed by atoms with Crippen LogP contribution in [0.3, 0.4) is 0 Å². The molecule has 0 fully saturated rings. The number of carbonyl (C=O) groups is 1. The monoisotopic (exact) mass is 433 g/mol. The number of carbonyl (C=O) groups excluding carboxylic acids is 1. The summed E-state index contributed by atoms with van der Waals surface area (Å²) in [5.74, 6) is -1.14. The summed E-state index contributed by atoms with van der Waals surface area (Å²) < 4.78 is 7.14. The maximum Gasteiger partial charge on any atom is 0.352 e. The summed E-state index contributed by atoms with van der Waals surface area (Å²) in [6.45, 7) is 3.91. The molecule has 11 nitrogen and oxygen atoms in total. The number of hydrogen-bond donors (Lipinski definition) is 1. The van der Waals surface area contributed by atoms with Gasteiger partial charge in [-0.2, -0.15) is 14.8 Å². The zero-order chi connectivity index (χ0) is 22.7. The number of amides is 1. The van der Waals surface area contributed by atoms with Gasteiger partial charge in [0.2, 0.25) is 5.82 Å². The largest absolute Gasteiger partial charge is 0.352 e. The van der Waals surface area contributed by atoms with Crippen LogP contribution >= 0.6 is 0 Å². The number of nitrogens with one attached hydrogen (secondary N) is 1. The fourth-order valence-electron chi connectivity index (χ4n) is 2.96. The van der Waals surface area contributed by atoms with E-state index in [0.29, 0.717) is 5.69 Å². The number of nitrogens with zero attached hydrogens (tertiary/aromatic N) is 6. The normalized spacial score (nSPS) is 10.8.